The number of pyridine rings is 1. The van der Waals surface area contributed by atoms with Crippen molar-refractivity contribution in [3.8, 4) is 33.4 Å². The van der Waals surface area contributed by atoms with Gasteiger partial charge in [0.25, 0.3) is 0 Å². The van der Waals surface area contributed by atoms with Gasteiger partial charge in [0, 0.05) is 34.1 Å². The number of hydrogen-bond donors (Lipinski definition) is 0. The van der Waals surface area contributed by atoms with Gasteiger partial charge in [-0.2, -0.15) is 0 Å². The predicted molar refractivity (Wildman–Crippen MR) is 201 cm³/mol. The molecule has 49 heavy (non-hydrogen) atoms. The van der Waals surface area contributed by atoms with Gasteiger partial charge in [0.1, 0.15) is 11.2 Å². The Labute approximate surface area is 286 Å². The molecule has 2 heteroatoms. The normalized spacial score (nSPS) is 14.9. The van der Waals surface area contributed by atoms with Crippen molar-refractivity contribution in [2.24, 2.45) is 0 Å². The van der Waals surface area contributed by atoms with Gasteiger partial charge in [0.15, 0.2) is 0 Å². The molecular weight excluding hydrogens is 595 g/mol. The van der Waals surface area contributed by atoms with Crippen molar-refractivity contribution in [3.05, 3.63) is 184 Å². The lowest BCUT2D eigenvalue weighted by atomic mass is 9.65. The van der Waals surface area contributed by atoms with Crippen LogP contribution in [0.4, 0.5) is 0 Å². The van der Waals surface area contributed by atoms with Crippen molar-refractivity contribution in [2.45, 2.75) is 38.5 Å². The summed E-state index contributed by atoms with van der Waals surface area (Å²) in [5, 5.41) is 2.30. The lowest BCUT2D eigenvalue weighted by Gasteiger charge is -2.37. The summed E-state index contributed by atoms with van der Waals surface area (Å²) in [7, 11) is 0. The van der Waals surface area contributed by atoms with E-state index in [-0.39, 0.29) is 5.41 Å². The first-order valence-corrected chi connectivity index (χ1v) is 17.2. The van der Waals surface area contributed by atoms with E-state index in [1.165, 1.54) is 61.2 Å². The van der Waals surface area contributed by atoms with E-state index in [4.69, 9.17) is 4.42 Å². The fourth-order valence-electron chi connectivity index (χ4n) is 9.09. The molecule has 0 aliphatic heterocycles. The second-order valence-electron chi connectivity index (χ2n) is 14.5. The SMILES string of the molecule is Cc1cc2c3c(c1)C(c1ccc(-c4cccnc4)cc1)(c1ccc(-c4cccc5c4oc4ccccc45)cc1)c1cc(C)cc(c1-3)C2(C)C. The van der Waals surface area contributed by atoms with Gasteiger partial charge in [-0.25, -0.2) is 0 Å². The highest BCUT2D eigenvalue weighted by atomic mass is 16.3. The third-order valence-electron chi connectivity index (χ3n) is 11.3. The van der Waals surface area contributed by atoms with Crippen LogP contribution in [-0.2, 0) is 10.8 Å². The standard InChI is InChI=1S/C47H35NO/c1-28-23-38-43-40(25-28)47(41-26-29(2)24-39(44(41)43)46(38,3)4,33-18-14-30(15-19-33)32-9-8-22-48-27-32)34-20-16-31(17-21-34)35-11-7-12-37-36-10-5-6-13-42(36)49-45(35)37/h5-27H,1-4H3. The number of furan rings is 1. The average Bonchev–Trinajstić information content (AvgIpc) is 3.72. The van der Waals surface area contributed by atoms with Gasteiger partial charge in [-0.1, -0.05) is 140 Å². The number of rotatable bonds is 4. The van der Waals surface area contributed by atoms with E-state index in [2.05, 4.69) is 148 Å². The zero-order valence-electron chi connectivity index (χ0n) is 28.1. The van der Waals surface area contributed by atoms with E-state index in [1.807, 2.05) is 24.5 Å². The number of para-hydroxylation sites is 2. The number of benzene rings is 6. The van der Waals surface area contributed by atoms with Gasteiger partial charge >= 0.3 is 0 Å². The maximum Gasteiger partial charge on any atom is 0.143 e. The fraction of sp³-hybridized carbons (Fsp3) is 0.128. The minimum atomic E-state index is -0.472. The van der Waals surface area contributed by atoms with Crippen LogP contribution in [0.2, 0.25) is 0 Å². The van der Waals surface area contributed by atoms with E-state index in [0.717, 1.165) is 38.6 Å². The second-order valence-corrected chi connectivity index (χ2v) is 14.5. The van der Waals surface area contributed by atoms with Gasteiger partial charge in [-0.05, 0) is 87.2 Å². The van der Waals surface area contributed by atoms with Gasteiger partial charge < -0.3 is 4.42 Å². The average molecular weight is 630 g/mol. The zero-order valence-corrected chi connectivity index (χ0v) is 28.1. The Hall–Kier alpha value is -5.73. The molecule has 0 saturated carbocycles. The third kappa shape index (κ3) is 3.75. The van der Waals surface area contributed by atoms with Crippen LogP contribution in [0, 0.1) is 13.8 Å². The summed E-state index contributed by atoms with van der Waals surface area (Å²) < 4.78 is 6.46. The maximum absolute atomic E-state index is 6.46. The molecule has 234 valence electrons. The van der Waals surface area contributed by atoms with Crippen molar-refractivity contribution in [3.63, 3.8) is 0 Å². The molecule has 0 N–H and O–H groups in total. The summed E-state index contributed by atoms with van der Waals surface area (Å²) in [5.74, 6) is 0. The number of fused-ring (bicyclic) bond motifs is 3. The Morgan fingerprint density at radius 2 is 1.12 bits per heavy atom. The van der Waals surface area contributed by atoms with Crippen molar-refractivity contribution in [1.82, 2.24) is 4.98 Å². The first-order chi connectivity index (χ1) is 23.9. The minimum Gasteiger partial charge on any atom is -0.455 e. The van der Waals surface area contributed by atoms with Crippen LogP contribution >= 0.6 is 0 Å². The summed E-state index contributed by atoms with van der Waals surface area (Å²) in [6, 6.07) is 47.2. The van der Waals surface area contributed by atoms with E-state index < -0.39 is 5.41 Å². The predicted octanol–water partition coefficient (Wildman–Crippen LogP) is 11.9. The number of aromatic nitrogens is 1. The molecule has 6 aromatic carbocycles. The molecule has 0 spiro atoms. The number of hydrogen-bond acceptors (Lipinski definition) is 2. The Bertz CT molecular complexity index is 2560. The summed E-state index contributed by atoms with van der Waals surface area (Å²) in [5.41, 5.74) is 19.5. The maximum atomic E-state index is 6.46. The molecule has 0 fully saturated rings. The van der Waals surface area contributed by atoms with Gasteiger partial charge in [-0.3, -0.25) is 4.98 Å². The molecule has 0 atom stereocenters. The Morgan fingerprint density at radius 1 is 0.531 bits per heavy atom. The van der Waals surface area contributed by atoms with Crippen LogP contribution in [-0.4, -0.2) is 4.98 Å². The molecule has 8 aromatic rings. The highest BCUT2D eigenvalue weighted by Crippen LogP contribution is 2.64. The first kappa shape index (κ1) is 28.3. The molecule has 0 saturated heterocycles. The smallest absolute Gasteiger partial charge is 0.143 e. The molecular formula is C47H35NO. The van der Waals surface area contributed by atoms with Crippen LogP contribution in [0.1, 0.15) is 58.4 Å². The van der Waals surface area contributed by atoms with Crippen LogP contribution in [0.3, 0.4) is 0 Å². The molecule has 10 rings (SSSR count). The summed E-state index contributed by atoms with van der Waals surface area (Å²) in [6.45, 7) is 9.30. The first-order valence-electron chi connectivity index (χ1n) is 17.2. The van der Waals surface area contributed by atoms with Crippen molar-refractivity contribution in [1.29, 1.82) is 0 Å². The summed E-state index contributed by atoms with van der Waals surface area (Å²) in [4.78, 5) is 4.39. The molecule has 2 aromatic heterocycles. The molecule has 0 radical (unpaired) electrons. The van der Waals surface area contributed by atoms with Gasteiger partial charge in [0.2, 0.25) is 0 Å². The Kier molecular flexibility index (Phi) is 5.72. The molecule has 0 unspecified atom stereocenters. The quantitative estimate of drug-likeness (QED) is 0.194. The van der Waals surface area contributed by atoms with E-state index in [1.54, 1.807) is 0 Å². The van der Waals surface area contributed by atoms with Crippen LogP contribution in [0.25, 0.3) is 55.3 Å². The lowest BCUT2D eigenvalue weighted by molar-refractivity contribution is 0.650. The summed E-state index contributed by atoms with van der Waals surface area (Å²) >= 11 is 0. The lowest BCUT2D eigenvalue weighted by Crippen LogP contribution is -2.30. The fourth-order valence-corrected chi connectivity index (χ4v) is 9.09. The van der Waals surface area contributed by atoms with Crippen LogP contribution < -0.4 is 0 Å². The topological polar surface area (TPSA) is 26.0 Å². The highest BCUT2D eigenvalue weighted by molar-refractivity contribution is 6.09. The second kappa shape index (κ2) is 9.90. The number of nitrogens with zero attached hydrogens (tertiary/aromatic N) is 1. The monoisotopic (exact) mass is 629 g/mol. The van der Waals surface area contributed by atoms with Crippen molar-refractivity contribution in [2.75, 3.05) is 0 Å². The third-order valence-corrected chi connectivity index (χ3v) is 11.3. The Balaban J connectivity index is 1.23. The van der Waals surface area contributed by atoms with Crippen LogP contribution in [0.5, 0.6) is 0 Å². The molecule has 2 aliphatic rings. The molecule has 2 nitrogen and oxygen atoms in total. The number of aryl methyl sites for hydroxylation is 2. The van der Waals surface area contributed by atoms with E-state index >= 15 is 0 Å². The minimum absolute atomic E-state index is 0.0579. The molecule has 2 aliphatic carbocycles. The largest absolute Gasteiger partial charge is 0.455 e. The van der Waals surface area contributed by atoms with Crippen molar-refractivity contribution < 1.29 is 4.42 Å². The highest BCUT2D eigenvalue weighted by Gasteiger charge is 2.53. The van der Waals surface area contributed by atoms with Crippen molar-refractivity contribution >= 4 is 21.9 Å². The molecule has 2 heterocycles. The van der Waals surface area contributed by atoms with Gasteiger partial charge in [0.05, 0.1) is 5.41 Å². The Morgan fingerprint density at radius 3 is 1.76 bits per heavy atom. The van der Waals surface area contributed by atoms with Crippen LogP contribution in [0.15, 0.2) is 144 Å². The van der Waals surface area contributed by atoms with E-state index in [0.29, 0.717) is 0 Å². The summed E-state index contributed by atoms with van der Waals surface area (Å²) in [6.07, 6.45) is 3.77. The van der Waals surface area contributed by atoms with Gasteiger partial charge in [-0.15, -0.1) is 0 Å². The molecule has 0 amide bonds. The van der Waals surface area contributed by atoms with E-state index in [9.17, 15) is 0 Å². The zero-order chi connectivity index (χ0) is 33.1. The molecule has 0 bridgehead atoms.